The highest BCUT2D eigenvalue weighted by molar-refractivity contribution is 7.92. The number of nitrogens with zero attached hydrogens (tertiary/aromatic N) is 1. The number of nitrogens with one attached hydrogen (secondary N) is 1. The Morgan fingerprint density at radius 2 is 1.84 bits per heavy atom. The van der Waals surface area contributed by atoms with Gasteiger partial charge >= 0.3 is 0 Å². The highest BCUT2D eigenvalue weighted by Crippen LogP contribution is 2.22. The summed E-state index contributed by atoms with van der Waals surface area (Å²) in [5.41, 5.74) is 3.06. The van der Waals surface area contributed by atoms with Crippen LogP contribution in [-0.4, -0.2) is 34.2 Å². The van der Waals surface area contributed by atoms with Gasteiger partial charge in [-0.15, -0.1) is 0 Å². The molecule has 0 radical (unpaired) electrons. The van der Waals surface area contributed by atoms with E-state index >= 15 is 0 Å². The lowest BCUT2D eigenvalue weighted by Crippen LogP contribution is -2.25. The van der Waals surface area contributed by atoms with Crippen molar-refractivity contribution in [2.75, 3.05) is 29.5 Å². The van der Waals surface area contributed by atoms with E-state index in [-0.39, 0.29) is 12.5 Å². The third kappa shape index (κ3) is 4.96. The number of hydrogen-bond acceptors (Lipinski definition) is 4. The molecule has 0 spiro atoms. The van der Waals surface area contributed by atoms with Crippen molar-refractivity contribution in [3.8, 4) is 5.75 Å². The molecule has 0 atom stereocenters. The molecule has 0 bridgehead atoms. The van der Waals surface area contributed by atoms with Crippen molar-refractivity contribution in [3.63, 3.8) is 0 Å². The van der Waals surface area contributed by atoms with Crippen molar-refractivity contribution in [3.05, 3.63) is 53.6 Å². The maximum Gasteiger partial charge on any atom is 0.262 e. The topological polar surface area (TPSA) is 75.7 Å². The van der Waals surface area contributed by atoms with Gasteiger partial charge in [-0.3, -0.25) is 9.10 Å². The van der Waals surface area contributed by atoms with Crippen LogP contribution in [-0.2, 0) is 14.8 Å². The van der Waals surface area contributed by atoms with Crippen molar-refractivity contribution in [2.24, 2.45) is 0 Å². The number of anilines is 2. The highest BCUT2D eigenvalue weighted by atomic mass is 32.2. The standard InChI is InChI=1S/C18H22N2O4S/c1-13-7-5-10-17(14(13)2)24-12-18(21)19-15-8-6-9-16(11-15)20(3)25(4,22)23/h5-11H,12H2,1-4H3,(H,19,21). The second-order valence-corrected chi connectivity index (χ2v) is 7.83. The van der Waals surface area contributed by atoms with Gasteiger partial charge in [0.25, 0.3) is 5.91 Å². The Bertz CT molecular complexity index is 878. The minimum Gasteiger partial charge on any atom is -0.483 e. The average Bonchev–Trinajstić information content (AvgIpc) is 2.55. The zero-order chi connectivity index (χ0) is 18.6. The average molecular weight is 362 g/mol. The molecule has 7 heteroatoms. The summed E-state index contributed by atoms with van der Waals surface area (Å²) in [4.78, 5) is 12.1. The molecule has 6 nitrogen and oxygen atoms in total. The summed E-state index contributed by atoms with van der Waals surface area (Å²) in [6, 6.07) is 12.3. The fraction of sp³-hybridized carbons (Fsp3) is 0.278. The first-order valence-electron chi connectivity index (χ1n) is 7.71. The molecule has 0 aliphatic rings. The summed E-state index contributed by atoms with van der Waals surface area (Å²) in [5, 5.41) is 2.71. The fourth-order valence-corrected chi connectivity index (χ4v) is 2.69. The number of ether oxygens (including phenoxy) is 1. The van der Waals surface area contributed by atoms with E-state index in [9.17, 15) is 13.2 Å². The minimum atomic E-state index is -3.36. The molecule has 0 saturated carbocycles. The Kier molecular flexibility index (Phi) is 5.69. The van der Waals surface area contributed by atoms with Crippen molar-refractivity contribution in [1.29, 1.82) is 0 Å². The normalized spacial score (nSPS) is 11.0. The quantitative estimate of drug-likeness (QED) is 0.857. The third-order valence-corrected chi connectivity index (χ3v) is 5.11. The summed E-state index contributed by atoms with van der Waals surface area (Å²) in [6.07, 6.45) is 1.12. The van der Waals surface area contributed by atoms with Crippen LogP contribution in [0.25, 0.3) is 0 Å². The number of hydrogen-bond donors (Lipinski definition) is 1. The zero-order valence-electron chi connectivity index (χ0n) is 14.7. The lowest BCUT2D eigenvalue weighted by Gasteiger charge is -2.17. The van der Waals surface area contributed by atoms with Crippen LogP contribution in [0.2, 0.25) is 0 Å². The van der Waals surface area contributed by atoms with Gasteiger partial charge in [0.1, 0.15) is 5.75 Å². The number of benzene rings is 2. The predicted octanol–water partition coefficient (Wildman–Crippen LogP) is 2.72. The molecule has 2 rings (SSSR count). The van der Waals surface area contributed by atoms with Gasteiger partial charge in [-0.2, -0.15) is 0 Å². The Morgan fingerprint density at radius 3 is 2.52 bits per heavy atom. The summed E-state index contributed by atoms with van der Waals surface area (Å²) < 4.78 is 29.9. The molecule has 0 unspecified atom stereocenters. The molecular formula is C18H22N2O4S. The highest BCUT2D eigenvalue weighted by Gasteiger charge is 2.13. The van der Waals surface area contributed by atoms with E-state index in [0.29, 0.717) is 17.1 Å². The van der Waals surface area contributed by atoms with E-state index < -0.39 is 10.0 Å². The molecule has 0 aliphatic heterocycles. The summed E-state index contributed by atoms with van der Waals surface area (Å²) in [6.45, 7) is 3.79. The smallest absolute Gasteiger partial charge is 0.262 e. The third-order valence-electron chi connectivity index (χ3n) is 3.90. The number of carbonyl (C=O) groups is 1. The molecule has 2 aromatic rings. The molecule has 25 heavy (non-hydrogen) atoms. The van der Waals surface area contributed by atoms with Gasteiger partial charge in [0.2, 0.25) is 10.0 Å². The van der Waals surface area contributed by atoms with Crippen molar-refractivity contribution >= 4 is 27.3 Å². The molecular weight excluding hydrogens is 340 g/mol. The predicted molar refractivity (Wildman–Crippen MR) is 99.7 cm³/mol. The number of aryl methyl sites for hydroxylation is 1. The van der Waals surface area contributed by atoms with E-state index in [2.05, 4.69) is 5.32 Å². The van der Waals surface area contributed by atoms with Gasteiger partial charge < -0.3 is 10.1 Å². The number of rotatable bonds is 6. The van der Waals surface area contributed by atoms with E-state index in [4.69, 9.17) is 4.74 Å². The van der Waals surface area contributed by atoms with Crippen LogP contribution in [0.15, 0.2) is 42.5 Å². The summed E-state index contributed by atoms with van der Waals surface area (Å²) in [5.74, 6) is 0.348. The molecule has 0 saturated heterocycles. The van der Waals surface area contributed by atoms with Crippen LogP contribution in [0.1, 0.15) is 11.1 Å². The van der Waals surface area contributed by atoms with Crippen molar-refractivity contribution in [2.45, 2.75) is 13.8 Å². The molecule has 1 N–H and O–H groups in total. The van der Waals surface area contributed by atoms with Gasteiger partial charge in [0, 0.05) is 12.7 Å². The van der Waals surface area contributed by atoms with Crippen LogP contribution in [0, 0.1) is 13.8 Å². The zero-order valence-corrected chi connectivity index (χ0v) is 15.6. The second kappa shape index (κ2) is 7.57. The molecule has 0 aromatic heterocycles. The van der Waals surface area contributed by atoms with Gasteiger partial charge in [0.05, 0.1) is 11.9 Å². The largest absolute Gasteiger partial charge is 0.483 e. The number of sulfonamides is 1. The minimum absolute atomic E-state index is 0.129. The van der Waals surface area contributed by atoms with E-state index in [1.807, 2.05) is 32.0 Å². The van der Waals surface area contributed by atoms with Crippen LogP contribution in [0.3, 0.4) is 0 Å². The van der Waals surface area contributed by atoms with Crippen LogP contribution < -0.4 is 14.4 Å². The van der Waals surface area contributed by atoms with Gasteiger partial charge in [-0.25, -0.2) is 8.42 Å². The number of carbonyl (C=O) groups excluding carboxylic acids is 1. The SMILES string of the molecule is Cc1cccc(OCC(=O)Nc2cccc(N(C)S(C)(=O)=O)c2)c1C. The second-order valence-electron chi connectivity index (χ2n) is 5.82. The maximum atomic E-state index is 12.1. The van der Waals surface area contributed by atoms with E-state index in [0.717, 1.165) is 21.7 Å². The van der Waals surface area contributed by atoms with Crippen molar-refractivity contribution in [1.82, 2.24) is 0 Å². The molecule has 0 heterocycles. The fourth-order valence-electron chi connectivity index (χ4n) is 2.19. The van der Waals surface area contributed by atoms with Gasteiger partial charge in [-0.05, 0) is 49.2 Å². The molecule has 1 amide bonds. The molecule has 2 aromatic carbocycles. The van der Waals surface area contributed by atoms with E-state index in [1.165, 1.54) is 7.05 Å². The Labute approximate surface area is 148 Å². The lowest BCUT2D eigenvalue weighted by molar-refractivity contribution is -0.118. The Hall–Kier alpha value is -2.54. The lowest BCUT2D eigenvalue weighted by atomic mass is 10.1. The monoisotopic (exact) mass is 362 g/mol. The molecule has 0 aliphatic carbocycles. The van der Waals surface area contributed by atoms with Crippen molar-refractivity contribution < 1.29 is 17.9 Å². The Balaban J connectivity index is 2.02. The number of amides is 1. The van der Waals surface area contributed by atoms with Crippen LogP contribution in [0.4, 0.5) is 11.4 Å². The first kappa shape index (κ1) is 18.8. The van der Waals surface area contributed by atoms with Crippen LogP contribution in [0.5, 0.6) is 5.75 Å². The molecule has 0 fully saturated rings. The summed E-state index contributed by atoms with van der Waals surface area (Å²) in [7, 11) is -1.90. The first-order valence-corrected chi connectivity index (χ1v) is 9.56. The van der Waals surface area contributed by atoms with E-state index in [1.54, 1.807) is 24.3 Å². The van der Waals surface area contributed by atoms with Gasteiger partial charge in [0.15, 0.2) is 6.61 Å². The molecule has 134 valence electrons. The summed E-state index contributed by atoms with van der Waals surface area (Å²) >= 11 is 0. The first-order chi connectivity index (χ1) is 11.7. The van der Waals surface area contributed by atoms with Gasteiger partial charge in [-0.1, -0.05) is 18.2 Å². The Morgan fingerprint density at radius 1 is 1.16 bits per heavy atom. The van der Waals surface area contributed by atoms with Crippen LogP contribution >= 0.6 is 0 Å². The maximum absolute atomic E-state index is 12.1.